The van der Waals surface area contributed by atoms with Gasteiger partial charge in [0.1, 0.15) is 5.39 Å². The van der Waals surface area contributed by atoms with Crippen molar-refractivity contribution in [3.8, 4) is 5.69 Å². The van der Waals surface area contributed by atoms with Crippen molar-refractivity contribution in [2.24, 2.45) is 5.41 Å². The minimum Gasteiger partial charge on any atom is -0.388 e. The van der Waals surface area contributed by atoms with Crippen LogP contribution in [-0.2, 0) is 13.0 Å². The van der Waals surface area contributed by atoms with E-state index in [1.807, 2.05) is 30.3 Å². The van der Waals surface area contributed by atoms with Crippen LogP contribution in [0.25, 0.3) is 16.7 Å². The summed E-state index contributed by atoms with van der Waals surface area (Å²) in [6.45, 7) is 8.21. The van der Waals surface area contributed by atoms with Crippen LogP contribution in [-0.4, -0.2) is 62.6 Å². The summed E-state index contributed by atoms with van der Waals surface area (Å²) in [5, 5.41) is 14.8. The van der Waals surface area contributed by atoms with Crippen LogP contribution in [0.1, 0.15) is 31.4 Å². The van der Waals surface area contributed by atoms with E-state index in [0.29, 0.717) is 34.7 Å². The van der Waals surface area contributed by atoms with Crippen LogP contribution in [0.4, 0.5) is 17.3 Å². The standard InChI is InChI=1S/C30H33N7O2/c1-3-12-36-28(39)25-19-31-29(32-21-5-8-22(9-6-21)35-15-13-34(2)14-16-35)33-27(25)37(36)23-7-4-20-18-30(10-11-30)26(38)24(20)17-23/h3-9,17,19,26,38H,1,10-16,18H2,2H3,(H,31,32,33)/i26D. The zero-order valence-electron chi connectivity index (χ0n) is 23.1. The first-order chi connectivity index (χ1) is 19.3. The number of aliphatic hydroxyl groups is 1. The van der Waals surface area contributed by atoms with Crippen molar-refractivity contribution in [3.63, 3.8) is 0 Å². The summed E-state index contributed by atoms with van der Waals surface area (Å²) in [5.41, 5.74) is 4.14. The molecule has 0 bridgehead atoms. The topological polar surface area (TPSA) is 91.5 Å². The van der Waals surface area contributed by atoms with Gasteiger partial charge in [-0.05, 0) is 73.8 Å². The SMILES string of the molecule is [2H]C1(O)c2cc(-n3c4nc(Nc5ccc(N6CCN(C)CC6)cc5)ncc4c(=O)n3CC=C)ccc2CC12CC2. The number of hydrogen-bond acceptors (Lipinski definition) is 7. The fourth-order valence-electron chi connectivity index (χ4n) is 5.96. The van der Waals surface area contributed by atoms with Gasteiger partial charge in [0.2, 0.25) is 5.95 Å². The molecule has 1 aliphatic heterocycles. The Morgan fingerprint density at radius 1 is 1.15 bits per heavy atom. The summed E-state index contributed by atoms with van der Waals surface area (Å²) >= 11 is 0. The number of likely N-dealkylation sites (N-methyl/N-ethyl adjacent to an activating group) is 1. The fraction of sp³-hybridized carbons (Fsp3) is 0.367. The molecule has 1 spiro atoms. The molecule has 2 aliphatic carbocycles. The quantitative estimate of drug-likeness (QED) is 0.372. The molecule has 1 saturated heterocycles. The zero-order chi connectivity index (χ0) is 27.6. The maximum atomic E-state index is 13.4. The molecule has 1 atom stereocenters. The molecule has 2 aromatic heterocycles. The van der Waals surface area contributed by atoms with Crippen molar-refractivity contribution >= 4 is 28.4 Å². The van der Waals surface area contributed by atoms with Crippen LogP contribution in [0.3, 0.4) is 0 Å². The highest BCUT2D eigenvalue weighted by atomic mass is 16.3. The first kappa shape index (κ1) is 23.0. The number of hydrogen-bond donors (Lipinski definition) is 2. The average Bonchev–Trinajstić information content (AvgIpc) is 3.65. The highest BCUT2D eigenvalue weighted by Gasteiger charge is 2.54. The second kappa shape index (κ2) is 9.07. The smallest absolute Gasteiger partial charge is 0.278 e. The number of aromatic nitrogens is 4. The Morgan fingerprint density at radius 2 is 1.90 bits per heavy atom. The molecule has 2 N–H and O–H groups in total. The van der Waals surface area contributed by atoms with Crippen molar-refractivity contribution in [1.29, 1.82) is 0 Å². The Bertz CT molecular complexity index is 1680. The average molecular weight is 525 g/mol. The molecule has 1 unspecified atom stereocenters. The molecular weight excluding hydrogens is 490 g/mol. The van der Waals surface area contributed by atoms with E-state index in [4.69, 9.17) is 6.35 Å². The summed E-state index contributed by atoms with van der Waals surface area (Å²) in [6, 6.07) is 14.0. The molecule has 1 saturated carbocycles. The van der Waals surface area contributed by atoms with Crippen LogP contribution >= 0.6 is 0 Å². The number of piperazine rings is 1. The molecule has 39 heavy (non-hydrogen) atoms. The molecule has 3 aliphatic rings. The molecule has 9 nitrogen and oxygen atoms in total. The summed E-state index contributed by atoms with van der Waals surface area (Å²) in [4.78, 5) is 27.3. The van der Waals surface area contributed by atoms with Crippen molar-refractivity contribution in [3.05, 3.63) is 82.8 Å². The van der Waals surface area contributed by atoms with Gasteiger partial charge in [-0.25, -0.2) is 14.3 Å². The lowest BCUT2D eigenvalue weighted by Gasteiger charge is -2.34. The van der Waals surface area contributed by atoms with E-state index < -0.39 is 6.08 Å². The molecule has 200 valence electrons. The van der Waals surface area contributed by atoms with Gasteiger partial charge in [0.05, 0.1) is 19.7 Å². The van der Waals surface area contributed by atoms with Crippen molar-refractivity contribution in [2.45, 2.75) is 31.9 Å². The van der Waals surface area contributed by atoms with Crippen LogP contribution in [0.2, 0.25) is 0 Å². The monoisotopic (exact) mass is 524 g/mol. The lowest BCUT2D eigenvalue weighted by atomic mass is 10.0. The largest absolute Gasteiger partial charge is 0.388 e. The van der Waals surface area contributed by atoms with E-state index in [1.54, 1.807) is 21.6 Å². The van der Waals surface area contributed by atoms with E-state index in [1.165, 1.54) is 5.69 Å². The Balaban J connectivity index is 1.24. The van der Waals surface area contributed by atoms with Crippen LogP contribution in [0.5, 0.6) is 0 Å². The number of nitrogens with zero attached hydrogens (tertiary/aromatic N) is 6. The van der Waals surface area contributed by atoms with E-state index in [-0.39, 0.29) is 17.5 Å². The van der Waals surface area contributed by atoms with Crippen molar-refractivity contribution in [2.75, 3.05) is 43.4 Å². The van der Waals surface area contributed by atoms with Gasteiger partial charge in [-0.3, -0.25) is 4.79 Å². The maximum Gasteiger partial charge on any atom is 0.278 e. The third-order valence-corrected chi connectivity index (χ3v) is 8.45. The van der Waals surface area contributed by atoms with Crippen LogP contribution in [0.15, 0.2) is 66.1 Å². The van der Waals surface area contributed by atoms with Gasteiger partial charge >= 0.3 is 0 Å². The molecule has 2 fully saturated rings. The normalized spacial score (nSPS) is 22.2. The second-order valence-corrected chi connectivity index (χ2v) is 11.0. The van der Waals surface area contributed by atoms with Crippen molar-refractivity contribution in [1.82, 2.24) is 24.2 Å². The Morgan fingerprint density at radius 3 is 2.62 bits per heavy atom. The zero-order valence-corrected chi connectivity index (χ0v) is 22.1. The lowest BCUT2D eigenvalue weighted by molar-refractivity contribution is 0.109. The second-order valence-electron chi connectivity index (χ2n) is 11.0. The summed E-state index contributed by atoms with van der Waals surface area (Å²) in [6.07, 6.45) is 3.99. The number of allylic oxidation sites excluding steroid dienone is 1. The minimum atomic E-state index is -1.64. The molecule has 3 heterocycles. The highest BCUT2D eigenvalue weighted by Crippen LogP contribution is 2.62. The summed E-state index contributed by atoms with van der Waals surface area (Å²) in [7, 11) is 2.15. The maximum absolute atomic E-state index is 13.4. The lowest BCUT2D eigenvalue weighted by Crippen LogP contribution is -2.44. The predicted octanol–water partition coefficient (Wildman–Crippen LogP) is 3.63. The van der Waals surface area contributed by atoms with Gasteiger partial charge in [-0.1, -0.05) is 12.1 Å². The van der Waals surface area contributed by atoms with E-state index in [0.717, 1.165) is 50.3 Å². The van der Waals surface area contributed by atoms with Gasteiger partial charge < -0.3 is 20.2 Å². The number of nitrogens with one attached hydrogen (secondary N) is 1. The molecule has 9 heteroatoms. The highest BCUT2D eigenvalue weighted by molar-refractivity contribution is 5.77. The number of rotatable bonds is 6. The Kier molecular flexibility index (Phi) is 5.34. The third kappa shape index (κ3) is 4.04. The Hall–Kier alpha value is -3.95. The number of benzene rings is 2. The molecule has 0 radical (unpaired) electrons. The molecule has 4 aromatic rings. The van der Waals surface area contributed by atoms with E-state index in [9.17, 15) is 9.90 Å². The van der Waals surface area contributed by atoms with Crippen LogP contribution in [0, 0.1) is 5.41 Å². The third-order valence-electron chi connectivity index (χ3n) is 8.45. The van der Waals surface area contributed by atoms with Crippen molar-refractivity contribution < 1.29 is 6.48 Å². The van der Waals surface area contributed by atoms with E-state index in [2.05, 4.69) is 45.9 Å². The molecule has 2 aromatic carbocycles. The Labute approximate surface area is 228 Å². The van der Waals surface area contributed by atoms with Crippen LogP contribution < -0.4 is 15.8 Å². The van der Waals surface area contributed by atoms with Gasteiger partial charge in [0, 0.05) is 49.2 Å². The van der Waals surface area contributed by atoms with Gasteiger partial charge in [-0.15, -0.1) is 6.58 Å². The molecule has 0 amide bonds. The van der Waals surface area contributed by atoms with Gasteiger partial charge in [0.15, 0.2) is 5.65 Å². The molecular formula is C30H33N7O2. The van der Waals surface area contributed by atoms with Gasteiger partial charge in [0.25, 0.3) is 5.56 Å². The number of anilines is 3. The first-order valence-electron chi connectivity index (χ1n) is 14.1. The molecule has 7 rings (SSSR count). The number of fused-ring (bicyclic) bond motifs is 2. The fourth-order valence-corrected chi connectivity index (χ4v) is 5.96. The van der Waals surface area contributed by atoms with Gasteiger partial charge in [-0.2, -0.15) is 4.98 Å². The summed E-state index contributed by atoms with van der Waals surface area (Å²) < 4.78 is 12.1. The van der Waals surface area contributed by atoms with E-state index >= 15 is 0 Å². The predicted molar refractivity (Wildman–Crippen MR) is 153 cm³/mol. The first-order valence-corrected chi connectivity index (χ1v) is 13.6. The minimum absolute atomic E-state index is 0.224. The summed E-state index contributed by atoms with van der Waals surface area (Å²) in [5.74, 6) is 0.374.